The molecule has 1 aromatic carbocycles. The number of nitrogens with zero attached hydrogens (tertiary/aromatic N) is 6. The molecule has 0 radical (unpaired) electrons. The highest BCUT2D eigenvalue weighted by molar-refractivity contribution is 5.87. The fourth-order valence-corrected chi connectivity index (χ4v) is 4.65. The summed E-state index contributed by atoms with van der Waals surface area (Å²) in [4.78, 5) is 18.9. The van der Waals surface area contributed by atoms with Crippen LogP contribution in [0.25, 0.3) is 22.4 Å². The van der Waals surface area contributed by atoms with Gasteiger partial charge in [0.15, 0.2) is 5.65 Å². The van der Waals surface area contributed by atoms with Crippen molar-refractivity contribution in [2.45, 2.75) is 63.8 Å². The van der Waals surface area contributed by atoms with Crippen molar-refractivity contribution in [2.24, 2.45) is 0 Å². The van der Waals surface area contributed by atoms with Crippen LogP contribution in [-0.2, 0) is 10.9 Å². The van der Waals surface area contributed by atoms with Gasteiger partial charge in [-0.2, -0.15) is 18.3 Å². The zero-order valence-corrected chi connectivity index (χ0v) is 20.0. The molecule has 2 fully saturated rings. The summed E-state index contributed by atoms with van der Waals surface area (Å²) < 4.78 is 47.5. The van der Waals surface area contributed by atoms with E-state index < -0.39 is 11.7 Å². The van der Waals surface area contributed by atoms with Gasteiger partial charge in [-0.25, -0.2) is 19.9 Å². The molecule has 0 bridgehead atoms. The quantitative estimate of drug-likeness (QED) is 0.352. The van der Waals surface area contributed by atoms with E-state index in [0.717, 1.165) is 48.3 Å². The number of hydrogen-bond acceptors (Lipinski definition) is 6. The van der Waals surface area contributed by atoms with Gasteiger partial charge in [-0.1, -0.05) is 12.1 Å². The van der Waals surface area contributed by atoms with Gasteiger partial charge < -0.3 is 4.74 Å². The van der Waals surface area contributed by atoms with Gasteiger partial charge in [-0.05, 0) is 51.7 Å². The normalized spacial score (nSPS) is 20.7. The van der Waals surface area contributed by atoms with Crippen molar-refractivity contribution in [3.63, 3.8) is 0 Å². The first-order valence-corrected chi connectivity index (χ1v) is 12.1. The molecule has 4 aromatic rings. The molecule has 0 N–H and O–H groups in total. The molecule has 36 heavy (non-hydrogen) atoms. The Balaban J connectivity index is 1.38. The Hall–Kier alpha value is -3.40. The van der Waals surface area contributed by atoms with E-state index >= 15 is 0 Å². The number of benzene rings is 1. The second-order valence-electron chi connectivity index (χ2n) is 9.64. The fourth-order valence-electron chi connectivity index (χ4n) is 4.65. The third kappa shape index (κ3) is 4.34. The first-order valence-electron chi connectivity index (χ1n) is 12.1. The number of aryl methyl sites for hydroxylation is 2. The minimum atomic E-state index is -4.41. The van der Waals surface area contributed by atoms with E-state index in [9.17, 15) is 13.2 Å². The minimum absolute atomic E-state index is 0.00836. The Bertz CT molecular complexity index is 1430. The van der Waals surface area contributed by atoms with Crippen LogP contribution in [0, 0.1) is 13.8 Å². The molecule has 10 heteroatoms. The molecule has 3 aromatic heterocycles. The summed E-state index contributed by atoms with van der Waals surface area (Å²) >= 11 is 0. The summed E-state index contributed by atoms with van der Waals surface area (Å²) in [6, 6.07) is 5.51. The average Bonchev–Trinajstić information content (AvgIpc) is 3.60. The molecule has 1 aliphatic heterocycles. The van der Waals surface area contributed by atoms with Gasteiger partial charge in [-0.15, -0.1) is 0 Å². The van der Waals surface area contributed by atoms with E-state index in [1.54, 1.807) is 0 Å². The Labute approximate surface area is 205 Å². The largest absolute Gasteiger partial charge is 0.416 e. The molecule has 0 amide bonds. The first-order chi connectivity index (χ1) is 17.3. The standard InChI is InChI=1S/C26H25F3N6O/c1-14-15(2)32-25-23(31-14)22(16-3-5-19(6-4-16)26(27,28)29)33-24(34-25)17-9-10-36-21(11-17)18-12-30-35(13-18)20-7-8-20/h3-6,12-13,17,20-21H,7-11H2,1-2H3/t17-,21+/m1/s1. The summed E-state index contributed by atoms with van der Waals surface area (Å²) in [5.41, 5.74) is 3.78. The van der Waals surface area contributed by atoms with Crippen LogP contribution in [0.15, 0.2) is 36.7 Å². The zero-order valence-electron chi connectivity index (χ0n) is 20.0. The van der Waals surface area contributed by atoms with Crippen molar-refractivity contribution in [3.8, 4) is 11.3 Å². The van der Waals surface area contributed by atoms with Crippen LogP contribution in [-0.4, -0.2) is 36.3 Å². The highest BCUT2D eigenvalue weighted by Gasteiger charge is 2.32. The van der Waals surface area contributed by atoms with E-state index in [4.69, 9.17) is 14.7 Å². The second-order valence-corrected chi connectivity index (χ2v) is 9.64. The van der Waals surface area contributed by atoms with Crippen molar-refractivity contribution in [1.82, 2.24) is 29.7 Å². The van der Waals surface area contributed by atoms with Crippen LogP contribution in [0.4, 0.5) is 13.2 Å². The summed E-state index contributed by atoms with van der Waals surface area (Å²) in [5.74, 6) is 0.617. The Morgan fingerprint density at radius 3 is 2.42 bits per heavy atom. The fraction of sp³-hybridized carbons (Fsp3) is 0.423. The van der Waals surface area contributed by atoms with Gasteiger partial charge >= 0.3 is 6.18 Å². The number of ether oxygens (including phenoxy) is 1. The van der Waals surface area contributed by atoms with Crippen molar-refractivity contribution < 1.29 is 17.9 Å². The van der Waals surface area contributed by atoms with Crippen molar-refractivity contribution in [1.29, 1.82) is 0 Å². The first kappa shape index (κ1) is 23.0. The van der Waals surface area contributed by atoms with Crippen LogP contribution in [0.1, 0.15) is 72.1 Å². The number of fused-ring (bicyclic) bond motifs is 1. The van der Waals surface area contributed by atoms with Gasteiger partial charge in [0.25, 0.3) is 0 Å². The number of hydrogen-bond donors (Lipinski definition) is 0. The maximum absolute atomic E-state index is 13.1. The second kappa shape index (κ2) is 8.62. The molecule has 1 saturated heterocycles. The molecule has 2 atom stereocenters. The predicted octanol–water partition coefficient (Wildman–Crippen LogP) is 5.89. The van der Waals surface area contributed by atoms with E-state index in [2.05, 4.69) is 21.3 Å². The van der Waals surface area contributed by atoms with Gasteiger partial charge in [0.1, 0.15) is 17.0 Å². The summed E-state index contributed by atoms with van der Waals surface area (Å²) in [6.07, 6.45) is 3.16. The van der Waals surface area contributed by atoms with Gasteiger partial charge in [0, 0.05) is 29.8 Å². The van der Waals surface area contributed by atoms with Crippen molar-refractivity contribution >= 4 is 11.2 Å². The van der Waals surface area contributed by atoms with Gasteiger partial charge in [-0.3, -0.25) is 4.68 Å². The van der Waals surface area contributed by atoms with Crippen LogP contribution in [0.2, 0.25) is 0 Å². The molecular weight excluding hydrogens is 469 g/mol. The molecule has 6 rings (SSSR count). The van der Waals surface area contributed by atoms with E-state index in [0.29, 0.717) is 47.3 Å². The summed E-state index contributed by atoms with van der Waals surface area (Å²) in [5, 5.41) is 4.50. The third-order valence-corrected chi connectivity index (χ3v) is 7.01. The van der Waals surface area contributed by atoms with Gasteiger partial charge in [0.2, 0.25) is 0 Å². The molecule has 186 valence electrons. The van der Waals surface area contributed by atoms with Crippen molar-refractivity contribution in [2.75, 3.05) is 6.61 Å². The Morgan fingerprint density at radius 2 is 1.69 bits per heavy atom. The lowest BCUT2D eigenvalue weighted by Crippen LogP contribution is -2.20. The molecule has 0 spiro atoms. The van der Waals surface area contributed by atoms with Crippen LogP contribution >= 0.6 is 0 Å². The smallest absolute Gasteiger partial charge is 0.373 e. The molecule has 1 aliphatic carbocycles. The number of alkyl halides is 3. The Morgan fingerprint density at radius 1 is 0.944 bits per heavy atom. The SMILES string of the molecule is Cc1nc2nc([C@@H]3CCO[C@H](c4cnn(C5CC5)c4)C3)nc(-c3ccc(C(F)(F)F)cc3)c2nc1C. The van der Waals surface area contributed by atoms with Gasteiger partial charge in [0.05, 0.1) is 35.3 Å². The Kier molecular flexibility index (Phi) is 5.51. The lowest BCUT2D eigenvalue weighted by Gasteiger charge is -2.28. The minimum Gasteiger partial charge on any atom is -0.373 e. The molecule has 0 unspecified atom stereocenters. The summed E-state index contributed by atoms with van der Waals surface area (Å²) in [7, 11) is 0. The van der Waals surface area contributed by atoms with E-state index in [-0.39, 0.29) is 12.0 Å². The molecule has 1 saturated carbocycles. The highest BCUT2D eigenvalue weighted by Crippen LogP contribution is 2.40. The zero-order chi connectivity index (χ0) is 25.0. The monoisotopic (exact) mass is 494 g/mol. The highest BCUT2D eigenvalue weighted by atomic mass is 19.4. The number of aromatic nitrogens is 6. The topological polar surface area (TPSA) is 78.6 Å². The average molecular weight is 495 g/mol. The van der Waals surface area contributed by atoms with Crippen LogP contribution in [0.5, 0.6) is 0 Å². The maximum Gasteiger partial charge on any atom is 0.416 e. The number of rotatable bonds is 4. The van der Waals surface area contributed by atoms with Crippen molar-refractivity contribution in [3.05, 3.63) is 65.0 Å². The van der Waals surface area contributed by atoms with Crippen LogP contribution in [0.3, 0.4) is 0 Å². The lowest BCUT2D eigenvalue weighted by molar-refractivity contribution is -0.137. The maximum atomic E-state index is 13.1. The molecule has 2 aliphatic rings. The number of halogens is 3. The summed E-state index contributed by atoms with van der Waals surface area (Å²) in [6.45, 7) is 4.26. The molecule has 7 nitrogen and oxygen atoms in total. The third-order valence-electron chi connectivity index (χ3n) is 7.01. The van der Waals surface area contributed by atoms with E-state index in [1.807, 2.05) is 24.7 Å². The van der Waals surface area contributed by atoms with E-state index in [1.165, 1.54) is 12.1 Å². The predicted molar refractivity (Wildman–Crippen MR) is 126 cm³/mol. The molecular formula is C26H25F3N6O. The molecule has 4 heterocycles. The van der Waals surface area contributed by atoms with Crippen LogP contribution < -0.4 is 0 Å². The lowest BCUT2D eigenvalue weighted by atomic mass is 9.92.